The number of nitrogens with zero attached hydrogens (tertiary/aromatic N) is 1. The third-order valence-corrected chi connectivity index (χ3v) is 3.47. The van der Waals surface area contributed by atoms with Crippen molar-refractivity contribution in [2.75, 3.05) is 47.0 Å². The molecule has 0 aromatic heterocycles. The van der Waals surface area contributed by atoms with Gasteiger partial charge in [-0.15, -0.1) is 0 Å². The Balaban J connectivity index is 2.70. The predicted octanol–water partition coefficient (Wildman–Crippen LogP) is 2.31. The average molecular weight is 280 g/mol. The lowest BCUT2D eigenvalue weighted by Gasteiger charge is -2.27. The molecule has 0 fully saturated rings. The highest BCUT2D eigenvalue weighted by Crippen LogP contribution is 2.18. The highest BCUT2D eigenvalue weighted by atomic mass is 16.5. The SMILES string of the molecule is CCNC(CN(CC)CCOC)c1ccc(OC)cc1. The van der Waals surface area contributed by atoms with E-state index in [0.717, 1.165) is 38.5 Å². The monoisotopic (exact) mass is 280 g/mol. The van der Waals surface area contributed by atoms with Crippen LogP contribution in [0.2, 0.25) is 0 Å². The molecule has 1 atom stereocenters. The molecule has 0 saturated heterocycles. The van der Waals surface area contributed by atoms with E-state index in [-0.39, 0.29) is 0 Å². The number of benzene rings is 1. The first kappa shape index (κ1) is 17.0. The van der Waals surface area contributed by atoms with E-state index in [1.165, 1.54) is 5.56 Å². The Morgan fingerprint density at radius 3 is 2.35 bits per heavy atom. The van der Waals surface area contributed by atoms with Gasteiger partial charge >= 0.3 is 0 Å². The molecule has 0 heterocycles. The maximum Gasteiger partial charge on any atom is 0.118 e. The molecule has 114 valence electrons. The van der Waals surface area contributed by atoms with Gasteiger partial charge in [0.1, 0.15) is 5.75 Å². The molecular weight excluding hydrogens is 252 g/mol. The fraction of sp³-hybridized carbons (Fsp3) is 0.625. The van der Waals surface area contributed by atoms with E-state index < -0.39 is 0 Å². The van der Waals surface area contributed by atoms with Crippen molar-refractivity contribution in [2.45, 2.75) is 19.9 Å². The van der Waals surface area contributed by atoms with Crippen molar-refractivity contribution in [3.8, 4) is 5.75 Å². The Bertz CT molecular complexity index is 354. The summed E-state index contributed by atoms with van der Waals surface area (Å²) in [7, 11) is 3.44. The molecule has 0 spiro atoms. The molecule has 1 aromatic rings. The van der Waals surface area contributed by atoms with E-state index >= 15 is 0 Å². The molecule has 1 aromatic carbocycles. The third kappa shape index (κ3) is 5.49. The third-order valence-electron chi connectivity index (χ3n) is 3.47. The molecule has 1 N–H and O–H groups in total. The van der Waals surface area contributed by atoms with Crippen molar-refractivity contribution in [3.05, 3.63) is 29.8 Å². The lowest BCUT2D eigenvalue weighted by molar-refractivity contribution is 0.144. The van der Waals surface area contributed by atoms with Crippen LogP contribution in [0.1, 0.15) is 25.5 Å². The van der Waals surface area contributed by atoms with Crippen LogP contribution >= 0.6 is 0 Å². The number of nitrogens with one attached hydrogen (secondary N) is 1. The van der Waals surface area contributed by atoms with E-state index in [1.54, 1.807) is 14.2 Å². The maximum atomic E-state index is 5.22. The quantitative estimate of drug-likeness (QED) is 0.713. The summed E-state index contributed by atoms with van der Waals surface area (Å²) >= 11 is 0. The Morgan fingerprint density at radius 1 is 1.15 bits per heavy atom. The molecule has 0 saturated carbocycles. The van der Waals surface area contributed by atoms with Crippen LogP contribution in [0, 0.1) is 0 Å². The summed E-state index contributed by atoms with van der Waals surface area (Å²) in [4.78, 5) is 2.40. The fourth-order valence-electron chi connectivity index (χ4n) is 2.23. The molecule has 4 nitrogen and oxygen atoms in total. The second-order valence-corrected chi connectivity index (χ2v) is 4.77. The first-order valence-electron chi connectivity index (χ1n) is 7.33. The van der Waals surface area contributed by atoms with Gasteiger partial charge in [0.15, 0.2) is 0 Å². The first-order valence-corrected chi connectivity index (χ1v) is 7.33. The topological polar surface area (TPSA) is 33.7 Å². The fourth-order valence-corrected chi connectivity index (χ4v) is 2.23. The van der Waals surface area contributed by atoms with E-state index in [1.807, 2.05) is 12.1 Å². The number of ether oxygens (including phenoxy) is 2. The highest BCUT2D eigenvalue weighted by Gasteiger charge is 2.14. The highest BCUT2D eigenvalue weighted by molar-refractivity contribution is 5.29. The zero-order valence-electron chi connectivity index (χ0n) is 13.2. The molecule has 0 aliphatic rings. The van der Waals surface area contributed by atoms with Crippen LogP contribution in [0.3, 0.4) is 0 Å². The second kappa shape index (κ2) is 9.75. The van der Waals surface area contributed by atoms with Crippen molar-refractivity contribution in [1.82, 2.24) is 10.2 Å². The first-order chi connectivity index (χ1) is 9.74. The van der Waals surface area contributed by atoms with E-state index in [2.05, 4.69) is 36.2 Å². The lowest BCUT2D eigenvalue weighted by atomic mass is 10.1. The van der Waals surface area contributed by atoms with Crippen molar-refractivity contribution in [3.63, 3.8) is 0 Å². The summed E-state index contributed by atoms with van der Waals surface area (Å²) in [6.45, 7) is 9.04. The van der Waals surface area contributed by atoms with Crippen LogP contribution < -0.4 is 10.1 Å². The summed E-state index contributed by atoms with van der Waals surface area (Å²) in [6.07, 6.45) is 0. The van der Waals surface area contributed by atoms with Crippen LogP contribution in [0.4, 0.5) is 0 Å². The zero-order chi connectivity index (χ0) is 14.8. The summed E-state index contributed by atoms with van der Waals surface area (Å²) in [5, 5.41) is 3.55. The minimum Gasteiger partial charge on any atom is -0.497 e. The van der Waals surface area contributed by atoms with Crippen LogP contribution in [0.25, 0.3) is 0 Å². The van der Waals surface area contributed by atoms with Crippen LogP contribution in [-0.4, -0.2) is 51.9 Å². The summed E-state index contributed by atoms with van der Waals surface area (Å²) < 4.78 is 10.4. The second-order valence-electron chi connectivity index (χ2n) is 4.77. The Morgan fingerprint density at radius 2 is 1.85 bits per heavy atom. The number of methoxy groups -OCH3 is 2. The van der Waals surface area contributed by atoms with E-state index in [4.69, 9.17) is 9.47 Å². The number of rotatable bonds is 10. The summed E-state index contributed by atoms with van der Waals surface area (Å²) in [5.41, 5.74) is 1.29. The summed E-state index contributed by atoms with van der Waals surface area (Å²) in [5.74, 6) is 0.899. The largest absolute Gasteiger partial charge is 0.497 e. The Hall–Kier alpha value is -1.10. The number of hydrogen-bond donors (Lipinski definition) is 1. The van der Waals surface area contributed by atoms with Gasteiger partial charge in [-0.3, -0.25) is 4.90 Å². The molecule has 0 aliphatic heterocycles. The van der Waals surface area contributed by atoms with Gasteiger partial charge < -0.3 is 14.8 Å². The molecule has 0 aliphatic carbocycles. The van der Waals surface area contributed by atoms with Gasteiger partial charge in [-0.05, 0) is 30.8 Å². The van der Waals surface area contributed by atoms with Crippen LogP contribution in [-0.2, 0) is 4.74 Å². The van der Waals surface area contributed by atoms with E-state index in [9.17, 15) is 0 Å². The number of likely N-dealkylation sites (N-methyl/N-ethyl adjacent to an activating group) is 2. The van der Waals surface area contributed by atoms with Crippen molar-refractivity contribution >= 4 is 0 Å². The standard InChI is InChI=1S/C16H28N2O2/c1-5-17-16(13-18(6-2)11-12-19-3)14-7-9-15(20-4)10-8-14/h7-10,16-17H,5-6,11-13H2,1-4H3. The van der Waals surface area contributed by atoms with E-state index in [0.29, 0.717) is 6.04 Å². The van der Waals surface area contributed by atoms with Gasteiger partial charge in [-0.1, -0.05) is 26.0 Å². The van der Waals surface area contributed by atoms with Gasteiger partial charge in [-0.25, -0.2) is 0 Å². The van der Waals surface area contributed by atoms with Crippen molar-refractivity contribution in [1.29, 1.82) is 0 Å². The minimum absolute atomic E-state index is 0.336. The predicted molar refractivity (Wildman–Crippen MR) is 83.4 cm³/mol. The minimum atomic E-state index is 0.336. The molecule has 1 unspecified atom stereocenters. The Labute approximate surface area is 123 Å². The van der Waals surface area contributed by atoms with Gasteiger partial charge in [0.05, 0.1) is 13.7 Å². The van der Waals surface area contributed by atoms with Crippen molar-refractivity contribution in [2.24, 2.45) is 0 Å². The van der Waals surface area contributed by atoms with Gasteiger partial charge in [-0.2, -0.15) is 0 Å². The summed E-state index contributed by atoms with van der Waals surface area (Å²) in [6, 6.07) is 8.64. The average Bonchev–Trinajstić information content (AvgIpc) is 2.50. The molecule has 4 heteroatoms. The van der Waals surface area contributed by atoms with Gasteiger partial charge in [0.25, 0.3) is 0 Å². The van der Waals surface area contributed by atoms with Gasteiger partial charge in [0, 0.05) is 26.2 Å². The van der Waals surface area contributed by atoms with Crippen LogP contribution in [0.5, 0.6) is 5.75 Å². The molecule has 0 bridgehead atoms. The molecule has 0 radical (unpaired) electrons. The number of hydrogen-bond acceptors (Lipinski definition) is 4. The lowest BCUT2D eigenvalue weighted by Crippen LogP contribution is -2.36. The zero-order valence-corrected chi connectivity index (χ0v) is 13.2. The smallest absolute Gasteiger partial charge is 0.118 e. The van der Waals surface area contributed by atoms with Crippen molar-refractivity contribution < 1.29 is 9.47 Å². The molecule has 20 heavy (non-hydrogen) atoms. The van der Waals surface area contributed by atoms with Crippen LogP contribution in [0.15, 0.2) is 24.3 Å². The van der Waals surface area contributed by atoms with Gasteiger partial charge in [0.2, 0.25) is 0 Å². The maximum absolute atomic E-state index is 5.22. The molecular formula is C16H28N2O2. The molecule has 1 rings (SSSR count). The Kier molecular flexibility index (Phi) is 8.26. The molecule has 0 amide bonds. The normalized spacial score (nSPS) is 12.7.